The van der Waals surface area contributed by atoms with Crippen molar-refractivity contribution >= 4 is 0 Å². The van der Waals surface area contributed by atoms with E-state index in [2.05, 4.69) is 29.2 Å². The van der Waals surface area contributed by atoms with Crippen LogP contribution in [0.4, 0.5) is 0 Å². The van der Waals surface area contributed by atoms with Gasteiger partial charge in [-0.15, -0.1) is 0 Å². The van der Waals surface area contributed by atoms with Crippen molar-refractivity contribution in [2.45, 2.75) is 55.6 Å². The van der Waals surface area contributed by atoms with Crippen molar-refractivity contribution < 1.29 is 5.11 Å². The van der Waals surface area contributed by atoms with Gasteiger partial charge in [-0.3, -0.25) is 4.90 Å². The van der Waals surface area contributed by atoms with Gasteiger partial charge in [0.05, 0.1) is 5.60 Å². The fourth-order valence-electron chi connectivity index (χ4n) is 5.36. The highest BCUT2D eigenvalue weighted by Crippen LogP contribution is 2.53. The maximum Gasteiger partial charge on any atom is 0.0922 e. The summed E-state index contributed by atoms with van der Waals surface area (Å²) >= 11 is 0. The molecule has 3 N–H and O–H groups in total. The zero-order valence-corrected chi connectivity index (χ0v) is 12.7. The molecule has 2 saturated heterocycles. The highest BCUT2D eigenvalue weighted by atomic mass is 16.3. The molecule has 0 bridgehead atoms. The summed E-state index contributed by atoms with van der Waals surface area (Å²) in [6.45, 7) is 2.74. The van der Waals surface area contributed by atoms with Gasteiger partial charge in [-0.1, -0.05) is 30.7 Å². The first-order valence-electron chi connectivity index (χ1n) is 8.46. The highest BCUT2D eigenvalue weighted by molar-refractivity contribution is 5.44. The lowest BCUT2D eigenvalue weighted by atomic mass is 9.63. The van der Waals surface area contributed by atoms with Crippen LogP contribution in [0.25, 0.3) is 0 Å². The molecule has 2 heterocycles. The molecule has 3 heteroatoms. The van der Waals surface area contributed by atoms with E-state index in [9.17, 15) is 5.11 Å². The average molecular weight is 286 g/mol. The standard InChI is InChI=1S/C18H26N2O/c19-13-17(9-8-14-5-1-2-6-15(14)17)18(21)10-12-20-11-4-3-7-16(18)20/h1-2,5-6,16,21H,3-4,7-13,19H2. The topological polar surface area (TPSA) is 49.5 Å². The van der Waals surface area contributed by atoms with E-state index in [1.807, 2.05) is 0 Å². The predicted octanol–water partition coefficient (Wildman–Crippen LogP) is 1.82. The van der Waals surface area contributed by atoms with E-state index in [1.165, 1.54) is 24.0 Å². The second kappa shape index (κ2) is 4.80. The van der Waals surface area contributed by atoms with Gasteiger partial charge in [-0.25, -0.2) is 0 Å². The van der Waals surface area contributed by atoms with Crippen molar-refractivity contribution in [3.63, 3.8) is 0 Å². The van der Waals surface area contributed by atoms with Crippen LogP contribution in [0, 0.1) is 0 Å². The summed E-state index contributed by atoms with van der Waals surface area (Å²) in [7, 11) is 0. The molecule has 1 aliphatic carbocycles. The van der Waals surface area contributed by atoms with Gasteiger partial charge in [-0.05, 0) is 49.8 Å². The van der Waals surface area contributed by atoms with Gasteiger partial charge in [0, 0.05) is 24.5 Å². The molecule has 1 aromatic rings. The Labute approximate surface area is 127 Å². The van der Waals surface area contributed by atoms with Crippen LogP contribution in [-0.4, -0.2) is 41.3 Å². The third kappa shape index (κ3) is 1.71. The fourth-order valence-corrected chi connectivity index (χ4v) is 5.36. The van der Waals surface area contributed by atoms with Gasteiger partial charge in [0.15, 0.2) is 0 Å². The van der Waals surface area contributed by atoms with Crippen molar-refractivity contribution in [3.8, 4) is 0 Å². The minimum absolute atomic E-state index is 0.236. The summed E-state index contributed by atoms with van der Waals surface area (Å²) in [5.74, 6) is 0. The quantitative estimate of drug-likeness (QED) is 0.872. The number of aliphatic hydroxyl groups is 1. The van der Waals surface area contributed by atoms with Crippen molar-refractivity contribution in [2.75, 3.05) is 19.6 Å². The molecule has 3 atom stereocenters. The molecule has 1 aromatic carbocycles. The molecule has 0 aromatic heterocycles. The molecular formula is C18H26N2O. The molecule has 4 rings (SSSR count). The summed E-state index contributed by atoms with van der Waals surface area (Å²) in [6, 6.07) is 8.94. The number of aryl methyl sites for hydroxylation is 1. The Hall–Kier alpha value is -0.900. The number of fused-ring (bicyclic) bond motifs is 2. The molecule has 3 aliphatic rings. The molecule has 114 valence electrons. The first-order chi connectivity index (χ1) is 10.2. The fraction of sp³-hybridized carbons (Fsp3) is 0.667. The lowest BCUT2D eigenvalue weighted by Gasteiger charge is -2.48. The summed E-state index contributed by atoms with van der Waals surface area (Å²) < 4.78 is 0. The highest BCUT2D eigenvalue weighted by Gasteiger charge is 2.61. The van der Waals surface area contributed by atoms with E-state index in [0.29, 0.717) is 12.6 Å². The summed E-state index contributed by atoms with van der Waals surface area (Å²) in [4.78, 5) is 2.52. The van der Waals surface area contributed by atoms with E-state index in [1.54, 1.807) is 0 Å². The average Bonchev–Trinajstić information content (AvgIpc) is 3.08. The Morgan fingerprint density at radius 3 is 2.90 bits per heavy atom. The van der Waals surface area contributed by atoms with Gasteiger partial charge < -0.3 is 10.8 Å². The van der Waals surface area contributed by atoms with Crippen LogP contribution in [0.15, 0.2) is 24.3 Å². The van der Waals surface area contributed by atoms with Crippen LogP contribution >= 0.6 is 0 Å². The molecule has 0 spiro atoms. The number of nitrogens with zero attached hydrogens (tertiary/aromatic N) is 1. The minimum atomic E-state index is -0.644. The monoisotopic (exact) mass is 286 g/mol. The first kappa shape index (κ1) is 13.7. The molecular weight excluding hydrogens is 260 g/mol. The SMILES string of the molecule is NCC1(C2(O)CCN3CCCCC32)CCc2ccccc21. The lowest BCUT2D eigenvalue weighted by Crippen LogP contribution is -2.61. The third-order valence-corrected chi connectivity index (χ3v) is 6.48. The Morgan fingerprint density at radius 1 is 1.19 bits per heavy atom. The van der Waals surface area contributed by atoms with Gasteiger partial charge in [-0.2, -0.15) is 0 Å². The van der Waals surface area contributed by atoms with Crippen molar-refractivity contribution in [2.24, 2.45) is 5.73 Å². The largest absolute Gasteiger partial charge is 0.387 e. The van der Waals surface area contributed by atoms with E-state index in [-0.39, 0.29) is 5.41 Å². The van der Waals surface area contributed by atoms with E-state index < -0.39 is 5.60 Å². The van der Waals surface area contributed by atoms with Gasteiger partial charge in [0.2, 0.25) is 0 Å². The number of nitrogens with two attached hydrogens (primary N) is 1. The van der Waals surface area contributed by atoms with Gasteiger partial charge >= 0.3 is 0 Å². The van der Waals surface area contributed by atoms with E-state index in [4.69, 9.17) is 5.73 Å². The van der Waals surface area contributed by atoms with Crippen molar-refractivity contribution in [1.29, 1.82) is 0 Å². The second-order valence-electron chi connectivity index (χ2n) is 7.17. The lowest BCUT2D eigenvalue weighted by molar-refractivity contribution is -0.0717. The second-order valence-corrected chi connectivity index (χ2v) is 7.17. The Bertz CT molecular complexity index is 546. The van der Waals surface area contributed by atoms with Gasteiger partial charge in [0.1, 0.15) is 0 Å². The molecule has 21 heavy (non-hydrogen) atoms. The minimum Gasteiger partial charge on any atom is -0.387 e. The molecule has 3 unspecified atom stereocenters. The molecule has 0 amide bonds. The molecule has 2 aliphatic heterocycles. The Morgan fingerprint density at radius 2 is 2.05 bits per heavy atom. The van der Waals surface area contributed by atoms with Crippen LogP contribution < -0.4 is 5.73 Å². The normalized spacial score (nSPS) is 39.2. The zero-order chi connectivity index (χ0) is 14.5. The number of rotatable bonds is 2. The summed E-state index contributed by atoms with van der Waals surface area (Å²) in [6.07, 6.45) is 6.58. The number of piperidine rings is 1. The Balaban J connectivity index is 1.80. The van der Waals surface area contributed by atoms with Crippen LogP contribution in [-0.2, 0) is 11.8 Å². The number of hydrogen-bond acceptors (Lipinski definition) is 3. The van der Waals surface area contributed by atoms with Crippen LogP contribution in [0.2, 0.25) is 0 Å². The van der Waals surface area contributed by atoms with Crippen molar-refractivity contribution in [3.05, 3.63) is 35.4 Å². The number of benzene rings is 1. The zero-order valence-electron chi connectivity index (χ0n) is 12.7. The third-order valence-electron chi connectivity index (χ3n) is 6.48. The number of hydrogen-bond donors (Lipinski definition) is 2. The van der Waals surface area contributed by atoms with Crippen LogP contribution in [0.5, 0.6) is 0 Å². The molecule has 0 saturated carbocycles. The van der Waals surface area contributed by atoms with Crippen LogP contribution in [0.1, 0.15) is 43.2 Å². The summed E-state index contributed by atoms with van der Waals surface area (Å²) in [5.41, 5.74) is 8.13. The predicted molar refractivity (Wildman–Crippen MR) is 84.3 cm³/mol. The van der Waals surface area contributed by atoms with E-state index in [0.717, 1.165) is 38.8 Å². The van der Waals surface area contributed by atoms with E-state index >= 15 is 0 Å². The molecule has 0 radical (unpaired) electrons. The molecule has 3 nitrogen and oxygen atoms in total. The molecule has 2 fully saturated rings. The van der Waals surface area contributed by atoms with Crippen molar-refractivity contribution in [1.82, 2.24) is 4.90 Å². The first-order valence-corrected chi connectivity index (χ1v) is 8.46. The smallest absolute Gasteiger partial charge is 0.0922 e. The Kier molecular flexibility index (Phi) is 3.14. The maximum atomic E-state index is 11.8. The van der Waals surface area contributed by atoms with Crippen LogP contribution in [0.3, 0.4) is 0 Å². The van der Waals surface area contributed by atoms with Gasteiger partial charge in [0.25, 0.3) is 0 Å². The summed E-state index contributed by atoms with van der Waals surface area (Å²) in [5, 5.41) is 11.8. The maximum absolute atomic E-state index is 11.8.